The van der Waals surface area contributed by atoms with Gasteiger partial charge in [0.15, 0.2) is 5.69 Å². The summed E-state index contributed by atoms with van der Waals surface area (Å²) in [6.07, 6.45) is -0.918. The predicted molar refractivity (Wildman–Crippen MR) is 107 cm³/mol. The number of rotatable bonds is 6. The van der Waals surface area contributed by atoms with Crippen LogP contribution in [0.4, 0.5) is 18.9 Å². The molecule has 158 valence electrons. The number of piperidine rings is 1. The molecule has 1 aromatic carbocycles. The zero-order valence-electron chi connectivity index (χ0n) is 16.5. The Morgan fingerprint density at radius 1 is 1.43 bits per heavy atom. The highest BCUT2D eigenvalue weighted by Crippen LogP contribution is 2.58. The Kier molecular flexibility index (Phi) is 4.95. The van der Waals surface area contributed by atoms with Crippen LogP contribution in [0.2, 0.25) is 0 Å². The lowest BCUT2D eigenvalue weighted by atomic mass is 10.1. The first-order chi connectivity index (χ1) is 14.3. The zero-order chi connectivity index (χ0) is 21.5. The molecule has 2 aliphatic rings. The Morgan fingerprint density at radius 3 is 2.93 bits per heavy atom. The second kappa shape index (κ2) is 7.34. The maximum Gasteiger partial charge on any atom is 0.437 e. The number of likely N-dealkylation sites (tertiary alicyclic amines) is 1. The molecule has 1 amide bonds. The number of amides is 1. The highest BCUT2D eigenvalue weighted by Gasteiger charge is 2.61. The van der Waals surface area contributed by atoms with E-state index in [4.69, 9.17) is 4.74 Å². The Hall–Kier alpha value is -3.03. The number of halogens is 3. The quantitative estimate of drug-likeness (QED) is 0.760. The van der Waals surface area contributed by atoms with Gasteiger partial charge in [-0.05, 0) is 42.2 Å². The number of fused-ring (bicyclic) bond motifs is 1. The van der Waals surface area contributed by atoms with Crippen LogP contribution < -0.4 is 10.1 Å². The summed E-state index contributed by atoms with van der Waals surface area (Å²) in [5.74, 6) is -0.122. The van der Waals surface area contributed by atoms with Gasteiger partial charge in [0.25, 0.3) is 5.91 Å². The highest BCUT2D eigenvalue weighted by atomic mass is 19.4. The summed E-state index contributed by atoms with van der Waals surface area (Å²) in [6, 6.07) is 8.09. The van der Waals surface area contributed by atoms with Gasteiger partial charge < -0.3 is 15.0 Å². The first kappa shape index (κ1) is 20.3. The molecule has 30 heavy (non-hydrogen) atoms. The summed E-state index contributed by atoms with van der Waals surface area (Å²) in [6.45, 7) is 4.94. The number of pyridine rings is 1. The molecule has 1 saturated heterocycles. The lowest BCUT2D eigenvalue weighted by Gasteiger charge is -2.22. The number of ether oxygens (including phenoxy) is 1. The Balaban J connectivity index is 1.44. The molecule has 2 atom stereocenters. The first-order valence-electron chi connectivity index (χ1n) is 9.66. The fraction of sp³-hybridized carbons (Fsp3) is 0.364. The smallest absolute Gasteiger partial charge is 0.437 e. The van der Waals surface area contributed by atoms with Crippen LogP contribution >= 0.6 is 0 Å². The van der Waals surface area contributed by atoms with Gasteiger partial charge in [0, 0.05) is 43.0 Å². The van der Waals surface area contributed by atoms with Gasteiger partial charge in [0.2, 0.25) is 0 Å². The van der Waals surface area contributed by atoms with E-state index in [0.29, 0.717) is 18.7 Å². The number of carbonyl (C=O) groups is 1. The van der Waals surface area contributed by atoms with Gasteiger partial charge in [-0.25, -0.2) is 4.98 Å². The minimum atomic E-state index is -4.57. The Labute approximate surface area is 172 Å². The van der Waals surface area contributed by atoms with Gasteiger partial charge >= 0.3 is 6.18 Å². The molecule has 1 aliphatic heterocycles. The van der Waals surface area contributed by atoms with Crippen molar-refractivity contribution in [2.75, 3.05) is 32.1 Å². The van der Waals surface area contributed by atoms with E-state index in [0.717, 1.165) is 23.9 Å². The normalized spacial score (nSPS) is 22.4. The van der Waals surface area contributed by atoms with Crippen molar-refractivity contribution in [3.8, 4) is 5.75 Å². The molecule has 1 saturated carbocycles. The average Bonchev–Trinajstić information content (AvgIpc) is 3.30. The maximum absolute atomic E-state index is 13.1. The van der Waals surface area contributed by atoms with Gasteiger partial charge in [0.05, 0.1) is 6.61 Å². The Morgan fingerprint density at radius 2 is 2.23 bits per heavy atom. The zero-order valence-corrected chi connectivity index (χ0v) is 16.5. The number of benzene rings is 1. The van der Waals surface area contributed by atoms with Gasteiger partial charge in [-0.2, -0.15) is 13.2 Å². The number of hydrogen-bond donors (Lipinski definition) is 1. The summed E-state index contributed by atoms with van der Waals surface area (Å²) in [5, 5.41) is 3.05. The topological polar surface area (TPSA) is 54.5 Å². The molecule has 2 aromatic rings. The van der Waals surface area contributed by atoms with Crippen molar-refractivity contribution in [3.63, 3.8) is 0 Å². The third-order valence-corrected chi connectivity index (χ3v) is 5.94. The third-order valence-electron chi connectivity index (χ3n) is 5.94. The van der Waals surface area contributed by atoms with Crippen molar-refractivity contribution < 1.29 is 22.7 Å². The molecule has 2 unspecified atom stereocenters. The third kappa shape index (κ3) is 3.62. The molecule has 0 radical (unpaired) electrons. The van der Waals surface area contributed by atoms with Gasteiger partial charge in [0.1, 0.15) is 5.75 Å². The number of nitrogens with one attached hydrogen (secondary N) is 1. The van der Waals surface area contributed by atoms with Crippen molar-refractivity contribution in [2.24, 2.45) is 11.3 Å². The monoisotopic (exact) mass is 417 g/mol. The van der Waals surface area contributed by atoms with Crippen LogP contribution in [-0.4, -0.2) is 42.5 Å². The van der Waals surface area contributed by atoms with E-state index < -0.39 is 11.9 Å². The lowest BCUT2D eigenvalue weighted by Crippen LogP contribution is -2.33. The van der Waals surface area contributed by atoms with Crippen LogP contribution in [0, 0.1) is 11.3 Å². The molecule has 8 heteroatoms. The first-order valence-corrected chi connectivity index (χ1v) is 9.66. The SMILES string of the molecule is C=Cc1ccc(C(=O)N2CC3CC3(COc3cccnc3C(F)(F)F)C2)cc1NC. The van der Waals surface area contributed by atoms with Gasteiger partial charge in [-0.3, -0.25) is 4.79 Å². The maximum atomic E-state index is 13.1. The van der Waals surface area contributed by atoms with Gasteiger partial charge in [-0.1, -0.05) is 18.7 Å². The number of aromatic nitrogens is 1. The standard InChI is InChI=1S/C22H22F3N3O2/c1-3-14-6-7-15(9-17(14)26-2)20(29)28-11-16-10-21(16,12-28)13-30-18-5-4-8-27-19(18)22(23,24)25/h3-9,16,26H,1,10-13H2,2H3. The Bertz CT molecular complexity index is 992. The molecule has 1 aliphatic carbocycles. The van der Waals surface area contributed by atoms with Crippen LogP contribution in [0.5, 0.6) is 5.75 Å². The van der Waals surface area contributed by atoms with Crippen molar-refractivity contribution in [2.45, 2.75) is 12.6 Å². The van der Waals surface area contributed by atoms with Crippen LogP contribution in [-0.2, 0) is 6.18 Å². The molecule has 5 nitrogen and oxygen atoms in total. The number of hydrogen-bond acceptors (Lipinski definition) is 4. The molecule has 1 N–H and O–H groups in total. The summed E-state index contributed by atoms with van der Waals surface area (Å²) >= 11 is 0. The van der Waals surface area contributed by atoms with Crippen LogP contribution in [0.3, 0.4) is 0 Å². The van der Waals surface area contributed by atoms with E-state index in [9.17, 15) is 18.0 Å². The molecular formula is C22H22F3N3O2. The average molecular weight is 417 g/mol. The summed E-state index contributed by atoms with van der Waals surface area (Å²) < 4.78 is 44.9. The number of nitrogens with zero attached hydrogens (tertiary/aromatic N) is 2. The molecule has 1 aromatic heterocycles. The molecule has 2 fully saturated rings. The molecule has 0 spiro atoms. The minimum Gasteiger partial charge on any atom is -0.491 e. The highest BCUT2D eigenvalue weighted by molar-refractivity contribution is 5.96. The number of alkyl halides is 3. The second-order valence-corrected chi connectivity index (χ2v) is 7.84. The van der Waals surface area contributed by atoms with Crippen molar-refractivity contribution in [1.29, 1.82) is 0 Å². The van der Waals surface area contributed by atoms with E-state index in [1.54, 1.807) is 30.2 Å². The van der Waals surface area contributed by atoms with Gasteiger partial charge in [-0.15, -0.1) is 0 Å². The molecular weight excluding hydrogens is 395 g/mol. The van der Waals surface area contributed by atoms with Crippen molar-refractivity contribution in [3.05, 3.63) is 59.9 Å². The molecule has 4 rings (SSSR count). The summed E-state index contributed by atoms with van der Waals surface area (Å²) in [4.78, 5) is 18.1. The number of carbonyl (C=O) groups excluding carboxylic acids is 1. The number of anilines is 1. The van der Waals surface area contributed by atoms with Crippen LogP contribution in [0.1, 0.15) is 28.0 Å². The van der Waals surface area contributed by atoms with E-state index in [-0.39, 0.29) is 29.6 Å². The predicted octanol–water partition coefficient (Wildman–Crippen LogP) is 4.33. The molecule has 0 bridgehead atoms. The lowest BCUT2D eigenvalue weighted by molar-refractivity contribution is -0.142. The second-order valence-electron chi connectivity index (χ2n) is 7.84. The van der Waals surface area contributed by atoms with Crippen LogP contribution in [0.15, 0.2) is 43.1 Å². The van der Waals surface area contributed by atoms with E-state index in [1.165, 1.54) is 12.1 Å². The fourth-order valence-corrected chi connectivity index (χ4v) is 4.18. The van der Waals surface area contributed by atoms with E-state index in [2.05, 4.69) is 16.9 Å². The molecule has 2 heterocycles. The van der Waals surface area contributed by atoms with Crippen LogP contribution in [0.25, 0.3) is 6.08 Å². The van der Waals surface area contributed by atoms with E-state index >= 15 is 0 Å². The summed E-state index contributed by atoms with van der Waals surface area (Å²) in [5.41, 5.74) is 0.969. The van der Waals surface area contributed by atoms with Crippen molar-refractivity contribution >= 4 is 17.7 Å². The largest absolute Gasteiger partial charge is 0.491 e. The fourth-order valence-electron chi connectivity index (χ4n) is 4.18. The minimum absolute atomic E-state index is 0.0916. The van der Waals surface area contributed by atoms with E-state index in [1.807, 2.05) is 6.07 Å². The summed E-state index contributed by atoms with van der Waals surface area (Å²) in [7, 11) is 1.78. The van der Waals surface area contributed by atoms with Crippen molar-refractivity contribution in [1.82, 2.24) is 9.88 Å².